The summed E-state index contributed by atoms with van der Waals surface area (Å²) >= 11 is 0. The molecule has 1 saturated carbocycles. The van der Waals surface area contributed by atoms with Crippen LogP contribution in [-0.2, 0) is 14.4 Å². The maximum absolute atomic E-state index is 12.6. The highest BCUT2D eigenvalue weighted by Crippen LogP contribution is 2.35. The number of piperazine rings is 1. The van der Waals surface area contributed by atoms with Gasteiger partial charge in [-0.2, -0.15) is 5.01 Å². The smallest absolute Gasteiger partial charge is 0.344 e. The van der Waals surface area contributed by atoms with Gasteiger partial charge in [0.1, 0.15) is 5.54 Å². The number of carbonyl (C=O) groups is 4. The Morgan fingerprint density at radius 3 is 2.67 bits per heavy atom. The minimum absolute atomic E-state index is 0.0332. The lowest BCUT2D eigenvalue weighted by Crippen LogP contribution is -2.55. The van der Waals surface area contributed by atoms with Crippen molar-refractivity contribution in [2.45, 2.75) is 38.1 Å². The molecule has 3 rings (SSSR count). The number of nitrogens with zero attached hydrogens (tertiary/aromatic N) is 2. The lowest BCUT2D eigenvalue weighted by atomic mass is 9.77. The molecule has 0 unspecified atom stereocenters. The van der Waals surface area contributed by atoms with Gasteiger partial charge in [0.2, 0.25) is 5.91 Å². The average molecular weight is 337 g/mol. The van der Waals surface area contributed by atoms with E-state index < -0.39 is 17.5 Å². The van der Waals surface area contributed by atoms with E-state index in [1.54, 1.807) is 4.90 Å². The first kappa shape index (κ1) is 16.7. The van der Waals surface area contributed by atoms with E-state index in [0.717, 1.165) is 17.9 Å². The van der Waals surface area contributed by atoms with Crippen molar-refractivity contribution in [1.29, 1.82) is 0 Å². The quantitative estimate of drug-likeness (QED) is 0.569. The summed E-state index contributed by atoms with van der Waals surface area (Å²) in [5, 5.41) is 6.22. The lowest BCUT2D eigenvalue weighted by molar-refractivity contribution is -0.141. The topological polar surface area (TPSA) is 111 Å². The van der Waals surface area contributed by atoms with Crippen LogP contribution in [0.3, 0.4) is 0 Å². The Morgan fingerprint density at radius 2 is 2.00 bits per heavy atom. The van der Waals surface area contributed by atoms with Gasteiger partial charge in [-0.05, 0) is 31.6 Å². The third-order valence-corrected chi connectivity index (χ3v) is 5.01. The van der Waals surface area contributed by atoms with Crippen molar-refractivity contribution in [2.24, 2.45) is 5.92 Å². The fourth-order valence-electron chi connectivity index (χ4n) is 3.51. The zero-order valence-corrected chi connectivity index (χ0v) is 13.8. The molecule has 1 spiro atoms. The van der Waals surface area contributed by atoms with Crippen molar-refractivity contribution in [1.82, 2.24) is 26.0 Å². The minimum Gasteiger partial charge on any atom is -0.354 e. The van der Waals surface area contributed by atoms with Crippen LogP contribution in [0.4, 0.5) is 4.79 Å². The standard InChI is InChI=1S/C15H23N5O4/c1-10-2-4-15(5-3-10)13(23)20(14(24)17-15)18-12(22)9-19-7-6-16-11(21)8-19/h10H,2-9H2,1H3,(H,16,21)(H,17,24)(H,18,22). The van der Waals surface area contributed by atoms with Gasteiger partial charge in [-0.15, -0.1) is 0 Å². The van der Waals surface area contributed by atoms with E-state index in [4.69, 9.17) is 0 Å². The molecular weight excluding hydrogens is 314 g/mol. The van der Waals surface area contributed by atoms with E-state index in [0.29, 0.717) is 31.8 Å². The molecule has 3 fully saturated rings. The van der Waals surface area contributed by atoms with Crippen molar-refractivity contribution in [3.63, 3.8) is 0 Å². The second kappa shape index (κ2) is 6.39. The molecular formula is C15H23N5O4. The van der Waals surface area contributed by atoms with Gasteiger partial charge >= 0.3 is 6.03 Å². The molecule has 2 heterocycles. The summed E-state index contributed by atoms with van der Waals surface area (Å²) in [6.07, 6.45) is 2.93. The van der Waals surface area contributed by atoms with Gasteiger partial charge in [0.25, 0.3) is 11.8 Å². The van der Waals surface area contributed by atoms with Crippen LogP contribution in [0.5, 0.6) is 0 Å². The van der Waals surface area contributed by atoms with Crippen LogP contribution in [0, 0.1) is 5.92 Å². The van der Waals surface area contributed by atoms with E-state index >= 15 is 0 Å². The van der Waals surface area contributed by atoms with E-state index in [1.807, 2.05) is 0 Å². The molecule has 0 aromatic rings. The molecule has 0 bridgehead atoms. The zero-order valence-electron chi connectivity index (χ0n) is 13.8. The molecule has 0 aromatic carbocycles. The Labute approximate surface area is 140 Å². The van der Waals surface area contributed by atoms with E-state index in [9.17, 15) is 19.2 Å². The van der Waals surface area contributed by atoms with Gasteiger partial charge in [-0.25, -0.2) is 4.79 Å². The van der Waals surface area contributed by atoms with Gasteiger partial charge in [0, 0.05) is 13.1 Å². The second-order valence-corrected chi connectivity index (χ2v) is 6.93. The SMILES string of the molecule is CC1CCC2(CC1)NC(=O)N(NC(=O)CN1CCNC(=O)C1)C2=O. The molecule has 2 aliphatic heterocycles. The number of urea groups is 1. The highest BCUT2D eigenvalue weighted by molar-refractivity contribution is 6.08. The Hall–Kier alpha value is -2.16. The minimum atomic E-state index is -0.873. The van der Waals surface area contributed by atoms with E-state index in [1.165, 1.54) is 0 Å². The number of nitrogens with one attached hydrogen (secondary N) is 3. The summed E-state index contributed by atoms with van der Waals surface area (Å²) in [5.74, 6) is -0.466. The second-order valence-electron chi connectivity index (χ2n) is 6.93. The normalized spacial score (nSPS) is 31.1. The molecule has 3 aliphatic rings. The first-order chi connectivity index (χ1) is 11.4. The molecule has 132 valence electrons. The number of hydrogen-bond acceptors (Lipinski definition) is 5. The largest absolute Gasteiger partial charge is 0.354 e. The van der Waals surface area contributed by atoms with Crippen molar-refractivity contribution in [3.05, 3.63) is 0 Å². The van der Waals surface area contributed by atoms with Crippen molar-refractivity contribution < 1.29 is 19.2 Å². The number of rotatable bonds is 3. The summed E-state index contributed by atoms with van der Waals surface area (Å²) in [5.41, 5.74) is 1.51. The molecule has 0 atom stereocenters. The Balaban J connectivity index is 1.58. The summed E-state index contributed by atoms with van der Waals surface area (Å²) < 4.78 is 0. The first-order valence-corrected chi connectivity index (χ1v) is 8.35. The van der Waals surface area contributed by atoms with Gasteiger partial charge < -0.3 is 10.6 Å². The van der Waals surface area contributed by atoms with E-state index in [-0.39, 0.29) is 24.9 Å². The predicted molar refractivity (Wildman–Crippen MR) is 83.3 cm³/mol. The highest BCUT2D eigenvalue weighted by Gasteiger charge is 2.52. The Bertz CT molecular complexity index is 570. The molecule has 3 N–H and O–H groups in total. The van der Waals surface area contributed by atoms with Crippen LogP contribution < -0.4 is 16.1 Å². The summed E-state index contributed by atoms with van der Waals surface area (Å²) in [6.45, 7) is 3.27. The zero-order chi connectivity index (χ0) is 17.3. The summed E-state index contributed by atoms with van der Waals surface area (Å²) in [4.78, 5) is 49.9. The fourth-order valence-corrected chi connectivity index (χ4v) is 3.51. The Morgan fingerprint density at radius 1 is 1.29 bits per heavy atom. The van der Waals surface area contributed by atoms with Crippen molar-refractivity contribution in [3.8, 4) is 0 Å². The van der Waals surface area contributed by atoms with Gasteiger partial charge in [0.05, 0.1) is 13.1 Å². The van der Waals surface area contributed by atoms with Crippen LogP contribution in [0.1, 0.15) is 32.6 Å². The molecule has 2 saturated heterocycles. The van der Waals surface area contributed by atoms with Gasteiger partial charge in [-0.1, -0.05) is 6.92 Å². The highest BCUT2D eigenvalue weighted by atomic mass is 16.2. The summed E-state index contributed by atoms with van der Waals surface area (Å²) in [6, 6.07) is -0.584. The number of amides is 5. The van der Waals surface area contributed by atoms with Gasteiger partial charge in [-0.3, -0.25) is 24.7 Å². The molecule has 9 heteroatoms. The van der Waals surface area contributed by atoms with Crippen molar-refractivity contribution >= 4 is 23.8 Å². The van der Waals surface area contributed by atoms with E-state index in [2.05, 4.69) is 23.0 Å². The molecule has 9 nitrogen and oxygen atoms in total. The number of carbonyl (C=O) groups excluding carboxylic acids is 4. The molecule has 24 heavy (non-hydrogen) atoms. The average Bonchev–Trinajstić information content (AvgIpc) is 2.75. The molecule has 0 radical (unpaired) electrons. The summed E-state index contributed by atoms with van der Waals surface area (Å²) in [7, 11) is 0. The van der Waals surface area contributed by atoms with Crippen LogP contribution in [0.15, 0.2) is 0 Å². The lowest BCUT2D eigenvalue weighted by Gasteiger charge is -2.33. The first-order valence-electron chi connectivity index (χ1n) is 8.35. The fraction of sp³-hybridized carbons (Fsp3) is 0.733. The van der Waals surface area contributed by atoms with Crippen molar-refractivity contribution in [2.75, 3.05) is 26.2 Å². The van der Waals surface area contributed by atoms with Crippen LogP contribution >= 0.6 is 0 Å². The Kier molecular flexibility index (Phi) is 4.44. The third-order valence-electron chi connectivity index (χ3n) is 5.01. The number of hydrogen-bond donors (Lipinski definition) is 3. The predicted octanol–water partition coefficient (Wildman–Crippen LogP) is -1.05. The maximum atomic E-state index is 12.6. The molecule has 5 amide bonds. The van der Waals surface area contributed by atoms with Gasteiger partial charge in [0.15, 0.2) is 0 Å². The molecule has 0 aromatic heterocycles. The van der Waals surface area contributed by atoms with Crippen LogP contribution in [-0.4, -0.2) is 65.4 Å². The monoisotopic (exact) mass is 337 g/mol. The van der Waals surface area contributed by atoms with Crippen LogP contribution in [0.2, 0.25) is 0 Å². The number of hydrazine groups is 1. The number of imide groups is 1. The molecule has 1 aliphatic carbocycles. The third kappa shape index (κ3) is 3.21. The maximum Gasteiger partial charge on any atom is 0.344 e. The van der Waals surface area contributed by atoms with Crippen LogP contribution in [0.25, 0.3) is 0 Å².